The molecular weight excluding hydrogens is 412 g/mol. The second-order valence-corrected chi connectivity index (χ2v) is 9.48. The summed E-state index contributed by atoms with van der Waals surface area (Å²) < 4.78 is 10.7. The lowest BCUT2D eigenvalue weighted by Crippen LogP contribution is -2.63. The number of furan rings is 2. The number of amides is 4. The quantitative estimate of drug-likeness (QED) is 0.540. The SMILES string of the molecule is O=C1[C@@H]2[C@H]3C=C[C@H]([C@@H]2C(=O)N1Cc1ccco1)[C@H]1[C@@H]2C(=O)N(Cc4ccco4)C(=O)[C@@H]2[C@@H]31. The highest BCUT2D eigenvalue weighted by atomic mass is 16.3. The van der Waals surface area contributed by atoms with Gasteiger partial charge in [-0.25, -0.2) is 0 Å². The van der Waals surface area contributed by atoms with E-state index in [9.17, 15) is 19.2 Å². The molecule has 4 fully saturated rings. The highest BCUT2D eigenvalue weighted by molar-refractivity contribution is 6.09. The van der Waals surface area contributed by atoms with Crippen molar-refractivity contribution in [3.8, 4) is 0 Å². The Balaban J connectivity index is 1.20. The van der Waals surface area contributed by atoms with Gasteiger partial charge < -0.3 is 8.83 Å². The summed E-state index contributed by atoms with van der Waals surface area (Å²) in [5.74, 6) is -1.92. The van der Waals surface area contributed by atoms with Crippen LogP contribution in [0.4, 0.5) is 0 Å². The number of fused-ring (bicyclic) bond motifs is 1. The van der Waals surface area contributed by atoms with Gasteiger partial charge >= 0.3 is 0 Å². The minimum absolute atomic E-state index is 0.0744. The molecule has 0 aromatic carbocycles. The van der Waals surface area contributed by atoms with Gasteiger partial charge in [-0.1, -0.05) is 12.2 Å². The third-order valence-corrected chi connectivity index (χ3v) is 8.31. The fourth-order valence-corrected chi connectivity index (χ4v) is 7.15. The maximum absolute atomic E-state index is 13.3. The summed E-state index contributed by atoms with van der Waals surface area (Å²) in [6, 6.07) is 6.94. The Morgan fingerprint density at radius 2 is 1.03 bits per heavy atom. The summed E-state index contributed by atoms with van der Waals surface area (Å²) in [5, 5.41) is 0. The van der Waals surface area contributed by atoms with Crippen molar-refractivity contribution >= 4 is 23.6 Å². The van der Waals surface area contributed by atoms with Crippen LogP contribution in [0.5, 0.6) is 0 Å². The van der Waals surface area contributed by atoms with Crippen LogP contribution in [0.15, 0.2) is 57.8 Å². The average Bonchev–Trinajstić information content (AvgIpc) is 3.54. The molecule has 4 heterocycles. The number of likely N-dealkylation sites (tertiary alicyclic amines) is 2. The third-order valence-electron chi connectivity index (χ3n) is 8.31. The zero-order valence-electron chi connectivity index (χ0n) is 17.0. The molecule has 0 spiro atoms. The summed E-state index contributed by atoms with van der Waals surface area (Å²) in [6.45, 7) is 0.246. The highest BCUT2D eigenvalue weighted by Crippen LogP contribution is 2.68. The van der Waals surface area contributed by atoms with Crippen molar-refractivity contribution in [1.82, 2.24) is 9.80 Å². The summed E-state index contributed by atoms with van der Waals surface area (Å²) in [7, 11) is 0. The van der Waals surface area contributed by atoms with Crippen LogP contribution in [0.1, 0.15) is 11.5 Å². The van der Waals surface area contributed by atoms with Crippen LogP contribution in [-0.2, 0) is 32.3 Å². The van der Waals surface area contributed by atoms with Crippen LogP contribution in [0.2, 0.25) is 0 Å². The Morgan fingerprint density at radius 3 is 1.41 bits per heavy atom. The minimum Gasteiger partial charge on any atom is -0.467 e. The molecule has 8 heteroatoms. The van der Waals surface area contributed by atoms with Gasteiger partial charge in [0, 0.05) is 0 Å². The molecule has 2 aliphatic heterocycles. The van der Waals surface area contributed by atoms with Crippen LogP contribution in [0, 0.1) is 47.3 Å². The van der Waals surface area contributed by atoms with E-state index in [1.807, 2.05) is 12.2 Å². The van der Waals surface area contributed by atoms with E-state index in [0.717, 1.165) is 0 Å². The molecule has 4 amide bonds. The molecule has 0 N–H and O–H groups in total. The van der Waals surface area contributed by atoms with E-state index in [4.69, 9.17) is 8.83 Å². The Hall–Kier alpha value is -3.42. The molecule has 2 bridgehead atoms. The first-order chi connectivity index (χ1) is 15.6. The van der Waals surface area contributed by atoms with Gasteiger partial charge in [0.15, 0.2) is 0 Å². The van der Waals surface area contributed by atoms with Gasteiger partial charge in [0.2, 0.25) is 23.6 Å². The lowest BCUT2D eigenvalue weighted by molar-refractivity contribution is -0.166. The van der Waals surface area contributed by atoms with Crippen LogP contribution in [-0.4, -0.2) is 33.4 Å². The number of nitrogens with zero attached hydrogens (tertiary/aromatic N) is 2. The molecule has 8 rings (SSSR count). The predicted molar refractivity (Wildman–Crippen MR) is 106 cm³/mol. The van der Waals surface area contributed by atoms with Crippen LogP contribution >= 0.6 is 0 Å². The van der Waals surface area contributed by atoms with E-state index in [-0.39, 0.29) is 60.4 Å². The second-order valence-electron chi connectivity index (χ2n) is 9.48. The second kappa shape index (κ2) is 6.09. The van der Waals surface area contributed by atoms with Crippen molar-refractivity contribution in [2.45, 2.75) is 13.1 Å². The van der Waals surface area contributed by atoms with Gasteiger partial charge in [-0.2, -0.15) is 0 Å². The van der Waals surface area contributed by atoms with Gasteiger partial charge in [-0.3, -0.25) is 29.0 Å². The van der Waals surface area contributed by atoms with Gasteiger partial charge in [0.05, 0.1) is 49.3 Å². The number of rotatable bonds is 4. The normalized spacial score (nSPS) is 38.9. The van der Waals surface area contributed by atoms with E-state index >= 15 is 0 Å². The molecular formula is C24H20N2O6. The van der Waals surface area contributed by atoms with Crippen molar-refractivity contribution in [1.29, 1.82) is 0 Å². The smallest absolute Gasteiger partial charge is 0.234 e. The average molecular weight is 432 g/mol. The first-order valence-corrected chi connectivity index (χ1v) is 11.0. The van der Waals surface area contributed by atoms with Crippen molar-refractivity contribution < 1.29 is 28.0 Å². The molecule has 6 aliphatic rings. The fourth-order valence-electron chi connectivity index (χ4n) is 7.15. The predicted octanol–water partition coefficient (Wildman–Crippen LogP) is 1.84. The monoisotopic (exact) mass is 432 g/mol. The molecule has 0 unspecified atom stereocenters. The Bertz CT molecular complexity index is 1130. The molecule has 2 aromatic heterocycles. The lowest BCUT2D eigenvalue weighted by atomic mass is 9.40. The van der Waals surface area contributed by atoms with E-state index < -0.39 is 23.7 Å². The van der Waals surface area contributed by atoms with E-state index in [0.29, 0.717) is 11.5 Å². The molecule has 0 radical (unpaired) electrons. The zero-order chi connectivity index (χ0) is 21.7. The lowest BCUT2D eigenvalue weighted by Gasteiger charge is -2.60. The number of hydrogen-bond acceptors (Lipinski definition) is 6. The number of hydrogen-bond donors (Lipinski definition) is 0. The first-order valence-electron chi connectivity index (χ1n) is 11.0. The van der Waals surface area contributed by atoms with Crippen LogP contribution in [0.3, 0.4) is 0 Å². The maximum atomic E-state index is 13.3. The summed E-state index contributed by atoms with van der Waals surface area (Å²) in [5.41, 5.74) is 0. The van der Waals surface area contributed by atoms with Crippen molar-refractivity contribution in [2.24, 2.45) is 47.3 Å². The molecule has 8 atom stereocenters. The number of allylic oxidation sites excluding steroid dienone is 2. The number of carbonyl (C=O) groups is 4. The number of carbonyl (C=O) groups excluding carboxylic acids is 4. The molecule has 2 saturated heterocycles. The van der Waals surface area contributed by atoms with Crippen molar-refractivity contribution in [2.75, 3.05) is 0 Å². The zero-order valence-corrected chi connectivity index (χ0v) is 17.0. The van der Waals surface area contributed by atoms with Gasteiger partial charge in [0.25, 0.3) is 0 Å². The Morgan fingerprint density at radius 1 is 0.625 bits per heavy atom. The van der Waals surface area contributed by atoms with Crippen LogP contribution < -0.4 is 0 Å². The summed E-state index contributed by atoms with van der Waals surface area (Å²) in [4.78, 5) is 55.6. The van der Waals surface area contributed by atoms with E-state index in [2.05, 4.69) is 0 Å². The topological polar surface area (TPSA) is 101 Å². The summed E-state index contributed by atoms with van der Waals surface area (Å²) in [6.07, 6.45) is 7.06. The molecule has 2 aromatic rings. The molecule has 2 saturated carbocycles. The fraction of sp³-hybridized carbons (Fsp3) is 0.417. The van der Waals surface area contributed by atoms with E-state index in [1.165, 1.54) is 22.3 Å². The standard InChI is InChI=1S/C24H20N2O6/c27-21-17-13-5-6-14(18(17)22(28)25(21)9-11-3-1-7-31-11)16-15(13)19-20(16)24(30)26(23(19)29)10-12-4-2-8-32-12/h1-8,13-20H,9-10H2/t13-,14-,15-,16+,17+,18-,19+,20-/m0/s1. The van der Waals surface area contributed by atoms with E-state index in [1.54, 1.807) is 24.3 Å². The van der Waals surface area contributed by atoms with Gasteiger partial charge in [-0.05, 0) is 47.9 Å². The van der Waals surface area contributed by atoms with Crippen molar-refractivity contribution in [3.05, 3.63) is 60.5 Å². The maximum Gasteiger partial charge on any atom is 0.234 e. The molecule has 8 nitrogen and oxygen atoms in total. The van der Waals surface area contributed by atoms with Crippen molar-refractivity contribution in [3.63, 3.8) is 0 Å². The molecule has 4 aliphatic carbocycles. The van der Waals surface area contributed by atoms with Gasteiger partial charge in [0.1, 0.15) is 11.5 Å². The highest BCUT2D eigenvalue weighted by Gasteiger charge is 2.74. The Labute approximate surface area is 182 Å². The summed E-state index contributed by atoms with van der Waals surface area (Å²) >= 11 is 0. The molecule has 32 heavy (non-hydrogen) atoms. The molecule has 162 valence electrons. The number of imide groups is 2. The largest absolute Gasteiger partial charge is 0.467 e. The third kappa shape index (κ3) is 2.07. The first kappa shape index (κ1) is 18.2. The Kier molecular flexibility index (Phi) is 3.46. The van der Waals surface area contributed by atoms with Crippen LogP contribution in [0.25, 0.3) is 0 Å². The van der Waals surface area contributed by atoms with Gasteiger partial charge in [-0.15, -0.1) is 0 Å². The minimum atomic E-state index is -0.461.